The molecule has 30 heavy (non-hydrogen) atoms. The van der Waals surface area contributed by atoms with Gasteiger partial charge in [-0.25, -0.2) is 15.0 Å². The first-order valence-electron chi connectivity index (χ1n) is 10.2. The molecule has 0 radical (unpaired) electrons. The molecule has 1 saturated heterocycles. The van der Waals surface area contributed by atoms with Crippen LogP contribution in [0.3, 0.4) is 0 Å². The van der Waals surface area contributed by atoms with Crippen LogP contribution in [-0.4, -0.2) is 45.6 Å². The Morgan fingerprint density at radius 1 is 1.20 bits per heavy atom. The van der Waals surface area contributed by atoms with E-state index in [4.69, 9.17) is 14.7 Å². The van der Waals surface area contributed by atoms with E-state index in [2.05, 4.69) is 26.1 Å². The van der Waals surface area contributed by atoms with Gasteiger partial charge in [-0.1, -0.05) is 12.1 Å². The van der Waals surface area contributed by atoms with Crippen molar-refractivity contribution in [1.29, 1.82) is 0 Å². The van der Waals surface area contributed by atoms with Crippen LogP contribution in [0.4, 0.5) is 5.95 Å². The number of aromatic nitrogens is 4. The zero-order valence-corrected chi connectivity index (χ0v) is 17.7. The number of imidazole rings is 1. The smallest absolute Gasteiger partial charge is 0.223 e. The van der Waals surface area contributed by atoms with Crippen LogP contribution < -0.4 is 15.4 Å². The van der Waals surface area contributed by atoms with Crippen LogP contribution in [0.2, 0.25) is 0 Å². The molecule has 1 atom stereocenters. The highest BCUT2D eigenvalue weighted by molar-refractivity contribution is 7.15. The van der Waals surface area contributed by atoms with E-state index in [1.807, 2.05) is 42.0 Å². The summed E-state index contributed by atoms with van der Waals surface area (Å²) in [4.78, 5) is 15.2. The van der Waals surface area contributed by atoms with Gasteiger partial charge in [-0.2, -0.15) is 0 Å². The van der Waals surface area contributed by atoms with Crippen LogP contribution in [0.25, 0.3) is 27.6 Å². The molecule has 1 aromatic carbocycles. The van der Waals surface area contributed by atoms with E-state index in [-0.39, 0.29) is 0 Å². The van der Waals surface area contributed by atoms with Gasteiger partial charge in [0.2, 0.25) is 5.95 Å². The Balaban J connectivity index is 1.55. The van der Waals surface area contributed by atoms with Gasteiger partial charge in [0.25, 0.3) is 0 Å². The van der Waals surface area contributed by atoms with Crippen molar-refractivity contribution < 1.29 is 4.74 Å². The number of nitrogens with zero attached hydrogens (tertiary/aromatic N) is 4. The van der Waals surface area contributed by atoms with Gasteiger partial charge in [-0.15, -0.1) is 11.3 Å². The number of fused-ring (bicyclic) bond motifs is 1. The summed E-state index contributed by atoms with van der Waals surface area (Å²) >= 11 is 1.61. The number of benzene rings is 1. The summed E-state index contributed by atoms with van der Waals surface area (Å²) in [7, 11) is 1.68. The Morgan fingerprint density at radius 2 is 2.17 bits per heavy atom. The van der Waals surface area contributed by atoms with E-state index in [9.17, 15) is 0 Å². The lowest BCUT2D eigenvalue weighted by Gasteiger charge is -2.16. The highest BCUT2D eigenvalue weighted by atomic mass is 32.1. The van der Waals surface area contributed by atoms with Crippen molar-refractivity contribution in [3.05, 3.63) is 48.1 Å². The van der Waals surface area contributed by atoms with Crippen LogP contribution >= 0.6 is 11.3 Å². The summed E-state index contributed by atoms with van der Waals surface area (Å²) in [6.45, 7) is 2.10. The highest BCUT2D eigenvalue weighted by Gasteiger charge is 2.20. The molecule has 3 aromatic heterocycles. The molecule has 4 aromatic rings. The summed E-state index contributed by atoms with van der Waals surface area (Å²) in [6.07, 6.45) is 7.22. The quantitative estimate of drug-likeness (QED) is 0.507. The molecule has 0 spiro atoms. The van der Waals surface area contributed by atoms with Gasteiger partial charge in [0.15, 0.2) is 4.96 Å². The van der Waals surface area contributed by atoms with E-state index in [1.165, 1.54) is 0 Å². The molecule has 7 nitrogen and oxygen atoms in total. The molecular formula is C22H24N6OS. The lowest BCUT2D eigenvalue weighted by atomic mass is 10.1. The molecule has 2 N–H and O–H groups in total. The Labute approximate surface area is 179 Å². The second-order valence-electron chi connectivity index (χ2n) is 7.38. The lowest BCUT2D eigenvalue weighted by molar-refractivity contribution is 0.415. The molecule has 0 amide bonds. The first kappa shape index (κ1) is 19.0. The van der Waals surface area contributed by atoms with Crippen molar-refractivity contribution in [2.45, 2.75) is 25.3 Å². The van der Waals surface area contributed by atoms with Crippen LogP contribution in [0, 0.1) is 0 Å². The van der Waals surface area contributed by atoms with E-state index in [0.717, 1.165) is 65.7 Å². The second kappa shape index (κ2) is 8.41. The molecule has 0 saturated carbocycles. The maximum atomic E-state index is 5.42. The highest BCUT2D eigenvalue weighted by Crippen LogP contribution is 2.34. The fourth-order valence-corrected chi connectivity index (χ4v) is 4.62. The molecule has 154 valence electrons. The third-order valence-corrected chi connectivity index (χ3v) is 6.17. The van der Waals surface area contributed by atoms with Crippen molar-refractivity contribution in [3.8, 4) is 28.4 Å². The molecule has 0 bridgehead atoms. The third kappa shape index (κ3) is 3.76. The van der Waals surface area contributed by atoms with Crippen molar-refractivity contribution in [1.82, 2.24) is 24.7 Å². The number of nitrogens with one attached hydrogen (secondary N) is 2. The minimum atomic E-state index is 0.389. The molecule has 1 aliphatic rings. The van der Waals surface area contributed by atoms with Gasteiger partial charge >= 0.3 is 0 Å². The number of methoxy groups -OCH3 is 1. The molecule has 1 unspecified atom stereocenters. The summed E-state index contributed by atoms with van der Waals surface area (Å²) in [5.41, 5.74) is 3.71. The normalized spacial score (nSPS) is 17.0. The third-order valence-electron chi connectivity index (χ3n) is 5.41. The van der Waals surface area contributed by atoms with E-state index in [1.54, 1.807) is 18.4 Å². The average molecular weight is 421 g/mol. The predicted molar refractivity (Wildman–Crippen MR) is 120 cm³/mol. The topological polar surface area (TPSA) is 76.4 Å². The van der Waals surface area contributed by atoms with Gasteiger partial charge in [-0.3, -0.25) is 4.40 Å². The number of hydrogen-bond donors (Lipinski definition) is 2. The Hall–Kier alpha value is -2.97. The SMILES string of the molecule is COc1cccc(-c2nc3sccn3c2-c2ccnc(NC3CCCNCC3)n2)c1. The summed E-state index contributed by atoms with van der Waals surface area (Å²) < 4.78 is 7.52. The van der Waals surface area contributed by atoms with Crippen molar-refractivity contribution in [3.63, 3.8) is 0 Å². The first-order valence-corrected chi connectivity index (χ1v) is 11.1. The van der Waals surface area contributed by atoms with Gasteiger partial charge in [-0.05, 0) is 50.6 Å². The van der Waals surface area contributed by atoms with Crippen LogP contribution in [0.1, 0.15) is 19.3 Å². The minimum absolute atomic E-state index is 0.389. The standard InChI is InChI=1S/C22H24N6OS/c1-29-17-6-2-4-15(14-17)19-20(28-12-13-30-22(28)27-19)18-8-11-24-21(26-18)25-16-5-3-9-23-10-7-16/h2,4,6,8,11-14,16,23H,3,5,7,9-10H2,1H3,(H,24,25,26). The molecule has 1 fully saturated rings. The summed E-state index contributed by atoms with van der Waals surface area (Å²) in [5, 5.41) is 9.02. The van der Waals surface area contributed by atoms with Gasteiger partial charge in [0.1, 0.15) is 11.4 Å². The number of ether oxygens (including phenoxy) is 1. The maximum absolute atomic E-state index is 5.42. The largest absolute Gasteiger partial charge is 0.497 e. The predicted octanol–water partition coefficient (Wildman–Crippen LogP) is 4.08. The second-order valence-corrected chi connectivity index (χ2v) is 8.26. The zero-order chi connectivity index (χ0) is 20.3. The summed E-state index contributed by atoms with van der Waals surface area (Å²) in [5.74, 6) is 1.47. The summed E-state index contributed by atoms with van der Waals surface area (Å²) in [6, 6.07) is 10.3. The van der Waals surface area contributed by atoms with Gasteiger partial charge in [0, 0.05) is 29.4 Å². The number of hydrogen-bond acceptors (Lipinski definition) is 7. The maximum Gasteiger partial charge on any atom is 0.223 e. The Bertz CT molecular complexity index is 1150. The van der Waals surface area contributed by atoms with Crippen LogP contribution in [-0.2, 0) is 0 Å². The molecule has 5 rings (SSSR count). The van der Waals surface area contributed by atoms with Crippen LogP contribution in [0.5, 0.6) is 5.75 Å². The Morgan fingerprint density at radius 3 is 3.10 bits per heavy atom. The van der Waals surface area contributed by atoms with Gasteiger partial charge < -0.3 is 15.4 Å². The molecule has 1 aliphatic heterocycles. The molecule has 8 heteroatoms. The monoisotopic (exact) mass is 420 g/mol. The van der Waals surface area contributed by atoms with Crippen LogP contribution in [0.15, 0.2) is 48.1 Å². The van der Waals surface area contributed by atoms with E-state index >= 15 is 0 Å². The fraction of sp³-hybridized carbons (Fsp3) is 0.318. The van der Waals surface area contributed by atoms with Crippen molar-refractivity contribution >= 4 is 22.2 Å². The van der Waals surface area contributed by atoms with E-state index in [0.29, 0.717) is 12.0 Å². The number of anilines is 1. The number of thiazole rings is 1. The van der Waals surface area contributed by atoms with E-state index < -0.39 is 0 Å². The molecular weight excluding hydrogens is 396 g/mol. The fourth-order valence-electron chi connectivity index (χ4n) is 3.91. The minimum Gasteiger partial charge on any atom is -0.497 e. The van der Waals surface area contributed by atoms with Crippen molar-refractivity contribution in [2.24, 2.45) is 0 Å². The van der Waals surface area contributed by atoms with Gasteiger partial charge in [0.05, 0.1) is 18.5 Å². The first-order chi connectivity index (χ1) is 14.8. The zero-order valence-electron chi connectivity index (χ0n) is 16.8. The Kier molecular flexibility index (Phi) is 5.33. The molecule has 4 heterocycles. The average Bonchev–Trinajstić information content (AvgIpc) is 3.28. The van der Waals surface area contributed by atoms with Crippen molar-refractivity contribution in [2.75, 3.05) is 25.5 Å². The molecule has 0 aliphatic carbocycles. The lowest BCUT2D eigenvalue weighted by Crippen LogP contribution is -2.22. The number of rotatable bonds is 5.